The molecule has 3 N–H and O–H groups in total. The number of nitrogens with one attached hydrogen (secondary N) is 1. The number of carbonyl (C=O) groups is 2. The SMILES string of the molecule is CCOC(=O)/C(=C\c1ccc(B(O)O)cc1)C(=O)c1sc(Nc2ccccc2)nc1N(C)C. The van der Waals surface area contributed by atoms with Crippen LogP contribution in [0.2, 0.25) is 0 Å². The molecule has 2 aromatic carbocycles. The third-order valence-corrected chi connectivity index (χ3v) is 5.51. The molecule has 0 radical (unpaired) electrons. The summed E-state index contributed by atoms with van der Waals surface area (Å²) in [6.07, 6.45) is 1.43. The van der Waals surface area contributed by atoms with Crippen LogP contribution in [0, 0.1) is 0 Å². The lowest BCUT2D eigenvalue weighted by molar-refractivity contribution is -0.137. The smallest absolute Gasteiger partial charge is 0.462 e. The molecule has 0 aliphatic rings. The van der Waals surface area contributed by atoms with E-state index in [0.717, 1.165) is 17.0 Å². The Morgan fingerprint density at radius 1 is 1.12 bits per heavy atom. The minimum atomic E-state index is -1.61. The van der Waals surface area contributed by atoms with Gasteiger partial charge in [-0.05, 0) is 36.2 Å². The van der Waals surface area contributed by atoms with Gasteiger partial charge in [0, 0.05) is 19.8 Å². The Labute approximate surface area is 196 Å². The number of ether oxygens (including phenoxy) is 1. The molecule has 0 fully saturated rings. The summed E-state index contributed by atoms with van der Waals surface area (Å²) in [6.45, 7) is 1.78. The van der Waals surface area contributed by atoms with Crippen LogP contribution >= 0.6 is 11.3 Å². The van der Waals surface area contributed by atoms with Crippen LogP contribution in [0.3, 0.4) is 0 Å². The summed E-state index contributed by atoms with van der Waals surface area (Å²) < 4.78 is 5.13. The van der Waals surface area contributed by atoms with Crippen molar-refractivity contribution < 1.29 is 24.4 Å². The molecule has 0 saturated heterocycles. The van der Waals surface area contributed by atoms with Crippen LogP contribution in [0.5, 0.6) is 0 Å². The Morgan fingerprint density at radius 3 is 2.36 bits per heavy atom. The topological polar surface area (TPSA) is 112 Å². The van der Waals surface area contributed by atoms with Gasteiger partial charge in [0.05, 0.1) is 6.61 Å². The first-order chi connectivity index (χ1) is 15.8. The third-order valence-electron chi connectivity index (χ3n) is 4.55. The van der Waals surface area contributed by atoms with Gasteiger partial charge in [0.1, 0.15) is 10.5 Å². The molecule has 3 rings (SSSR count). The highest BCUT2D eigenvalue weighted by Crippen LogP contribution is 2.33. The summed E-state index contributed by atoms with van der Waals surface area (Å²) in [4.78, 5) is 32.7. The van der Waals surface area contributed by atoms with Gasteiger partial charge >= 0.3 is 13.1 Å². The lowest BCUT2D eigenvalue weighted by atomic mass is 9.80. The highest BCUT2D eigenvalue weighted by Gasteiger charge is 2.28. The number of thiazole rings is 1. The molecule has 10 heteroatoms. The van der Waals surface area contributed by atoms with E-state index in [4.69, 9.17) is 4.74 Å². The van der Waals surface area contributed by atoms with Crippen molar-refractivity contribution in [2.45, 2.75) is 6.92 Å². The molecule has 0 atom stereocenters. The first-order valence-corrected chi connectivity index (χ1v) is 11.0. The first kappa shape index (κ1) is 24.2. The van der Waals surface area contributed by atoms with E-state index in [1.54, 1.807) is 38.1 Å². The van der Waals surface area contributed by atoms with Crippen LogP contribution in [0.15, 0.2) is 60.2 Å². The van der Waals surface area contributed by atoms with Gasteiger partial charge < -0.3 is 25.0 Å². The standard InChI is InChI=1S/C23H24BN3O5S/c1-4-32-22(29)18(14-15-10-12-16(13-11-15)24(30)31)19(28)20-21(27(2)3)26-23(33-20)25-17-8-6-5-7-9-17/h5-14,30-31H,4H2,1-3H3,(H,25,26)/b18-14-. The summed E-state index contributed by atoms with van der Waals surface area (Å²) in [5, 5.41) is 22.2. The fourth-order valence-electron chi connectivity index (χ4n) is 2.94. The van der Waals surface area contributed by atoms with Crippen molar-refractivity contribution in [1.29, 1.82) is 0 Å². The molecule has 0 aliphatic carbocycles. The summed E-state index contributed by atoms with van der Waals surface area (Å²) in [5.41, 5.74) is 1.51. The quantitative estimate of drug-likeness (QED) is 0.110. The number of aromatic nitrogens is 1. The number of Topliss-reactive ketones (excluding diaryl/α,β-unsaturated/α-hetero) is 1. The van der Waals surface area contributed by atoms with Crippen molar-refractivity contribution in [1.82, 2.24) is 4.98 Å². The molecule has 1 aromatic heterocycles. The molecular formula is C23H24BN3O5S. The Balaban J connectivity index is 2.00. The zero-order valence-electron chi connectivity index (χ0n) is 18.5. The number of rotatable bonds is 9. The number of para-hydroxylation sites is 1. The van der Waals surface area contributed by atoms with Gasteiger partial charge in [-0.15, -0.1) is 0 Å². The van der Waals surface area contributed by atoms with Crippen molar-refractivity contribution >= 4 is 58.4 Å². The highest BCUT2D eigenvalue weighted by atomic mass is 32.1. The maximum Gasteiger partial charge on any atom is 0.488 e. The number of hydrogen-bond donors (Lipinski definition) is 3. The number of anilines is 3. The number of nitrogens with zero attached hydrogens (tertiary/aromatic N) is 2. The zero-order valence-corrected chi connectivity index (χ0v) is 19.3. The van der Waals surface area contributed by atoms with E-state index in [1.165, 1.54) is 18.2 Å². The summed E-state index contributed by atoms with van der Waals surface area (Å²) >= 11 is 1.14. The number of esters is 1. The normalized spacial score (nSPS) is 11.1. The summed E-state index contributed by atoms with van der Waals surface area (Å²) in [6, 6.07) is 15.6. The van der Waals surface area contributed by atoms with Gasteiger partial charge in [-0.25, -0.2) is 9.78 Å². The van der Waals surface area contributed by atoms with E-state index < -0.39 is 18.9 Å². The van der Waals surface area contributed by atoms with Gasteiger partial charge in [0.2, 0.25) is 5.78 Å². The van der Waals surface area contributed by atoms with E-state index in [9.17, 15) is 19.6 Å². The number of benzene rings is 2. The second-order valence-electron chi connectivity index (χ2n) is 7.21. The number of ketones is 1. The molecule has 170 valence electrons. The maximum absolute atomic E-state index is 13.5. The van der Waals surface area contributed by atoms with Crippen LogP contribution in [0.4, 0.5) is 16.6 Å². The highest BCUT2D eigenvalue weighted by molar-refractivity contribution is 7.18. The summed E-state index contributed by atoms with van der Waals surface area (Å²) in [7, 11) is 1.93. The molecule has 8 nitrogen and oxygen atoms in total. The fraction of sp³-hybridized carbons (Fsp3) is 0.174. The van der Waals surface area contributed by atoms with Gasteiger partial charge in [-0.2, -0.15) is 0 Å². The molecular weight excluding hydrogens is 441 g/mol. The predicted octanol–water partition coefficient (Wildman–Crippen LogP) is 2.46. The molecule has 33 heavy (non-hydrogen) atoms. The van der Waals surface area contributed by atoms with Crippen LogP contribution in [0.25, 0.3) is 6.08 Å². The Bertz CT molecular complexity index is 1140. The average Bonchev–Trinajstić information content (AvgIpc) is 3.22. The third kappa shape index (κ3) is 6.07. The monoisotopic (exact) mass is 465 g/mol. The van der Waals surface area contributed by atoms with Crippen molar-refractivity contribution in [3.63, 3.8) is 0 Å². The van der Waals surface area contributed by atoms with Gasteiger partial charge in [-0.1, -0.05) is 53.8 Å². The van der Waals surface area contributed by atoms with Crippen molar-refractivity contribution in [3.8, 4) is 0 Å². The van der Waals surface area contributed by atoms with Crippen LogP contribution in [-0.2, 0) is 9.53 Å². The van der Waals surface area contributed by atoms with Gasteiger partial charge in [0.25, 0.3) is 0 Å². The molecule has 0 amide bonds. The molecule has 0 aliphatic heterocycles. The van der Waals surface area contributed by atoms with E-state index in [-0.39, 0.29) is 12.2 Å². The number of hydrogen-bond acceptors (Lipinski definition) is 9. The largest absolute Gasteiger partial charge is 0.488 e. The second kappa shape index (κ2) is 10.9. The maximum atomic E-state index is 13.5. The molecule has 1 heterocycles. The average molecular weight is 465 g/mol. The molecule has 0 saturated carbocycles. The van der Waals surface area contributed by atoms with Crippen molar-refractivity contribution in [2.75, 3.05) is 30.9 Å². The van der Waals surface area contributed by atoms with E-state index in [2.05, 4.69) is 10.3 Å². The lowest BCUT2D eigenvalue weighted by Gasteiger charge is -2.11. The van der Waals surface area contributed by atoms with Gasteiger partial charge in [-0.3, -0.25) is 4.79 Å². The van der Waals surface area contributed by atoms with Crippen molar-refractivity contribution in [2.24, 2.45) is 0 Å². The van der Waals surface area contributed by atoms with Crippen LogP contribution in [-0.4, -0.2) is 54.6 Å². The summed E-state index contributed by atoms with van der Waals surface area (Å²) in [5.74, 6) is -0.830. The fourth-order valence-corrected chi connectivity index (χ4v) is 3.96. The van der Waals surface area contributed by atoms with Crippen LogP contribution in [0.1, 0.15) is 22.2 Å². The Hall–Kier alpha value is -3.47. The Kier molecular flexibility index (Phi) is 7.99. The minimum absolute atomic E-state index is 0.114. The van der Waals surface area contributed by atoms with E-state index in [1.807, 2.05) is 30.3 Å². The van der Waals surface area contributed by atoms with Crippen molar-refractivity contribution in [3.05, 3.63) is 70.6 Å². The Morgan fingerprint density at radius 2 is 1.79 bits per heavy atom. The van der Waals surface area contributed by atoms with Crippen LogP contribution < -0.4 is 15.7 Å². The van der Waals surface area contributed by atoms with E-state index >= 15 is 0 Å². The lowest BCUT2D eigenvalue weighted by Crippen LogP contribution is -2.29. The molecule has 0 bridgehead atoms. The molecule has 0 spiro atoms. The van der Waals surface area contributed by atoms with E-state index in [0.29, 0.717) is 26.9 Å². The number of carbonyl (C=O) groups excluding carboxylic acids is 2. The zero-order chi connectivity index (χ0) is 24.0. The minimum Gasteiger partial charge on any atom is -0.462 e. The second-order valence-corrected chi connectivity index (χ2v) is 8.20. The van der Waals surface area contributed by atoms with Gasteiger partial charge in [0.15, 0.2) is 10.9 Å². The molecule has 3 aromatic rings. The first-order valence-electron chi connectivity index (χ1n) is 10.2. The molecule has 0 unspecified atom stereocenters. The predicted molar refractivity (Wildman–Crippen MR) is 131 cm³/mol.